The molecular formula is C14H18FN3O2. The summed E-state index contributed by atoms with van der Waals surface area (Å²) < 4.78 is 13.1. The summed E-state index contributed by atoms with van der Waals surface area (Å²) in [4.78, 5) is 29.4. The van der Waals surface area contributed by atoms with Gasteiger partial charge in [0.15, 0.2) is 0 Å². The second-order valence-corrected chi connectivity index (χ2v) is 5.31. The van der Waals surface area contributed by atoms with E-state index in [0.717, 1.165) is 6.20 Å². The number of aromatic nitrogens is 1. The second kappa shape index (κ2) is 5.98. The van der Waals surface area contributed by atoms with E-state index in [0.29, 0.717) is 12.1 Å². The predicted molar refractivity (Wildman–Crippen MR) is 71.0 cm³/mol. The molecule has 6 heteroatoms. The fraction of sp³-hybridized carbons (Fsp3) is 0.500. The standard InChI is InChI=1S/C14H18FN3O2/c1-9(2)13-14(20)18(4-3-12(19)17-13)8-10-5-11(15)7-16-6-10/h5-7,9,13H,3-4,8H2,1-2H3,(H,17,19). The molecule has 1 N–H and O–H groups in total. The molecule has 2 heterocycles. The third-order valence-electron chi connectivity index (χ3n) is 3.30. The third kappa shape index (κ3) is 3.31. The summed E-state index contributed by atoms with van der Waals surface area (Å²) in [6.45, 7) is 4.37. The largest absolute Gasteiger partial charge is 0.344 e. The fourth-order valence-corrected chi connectivity index (χ4v) is 2.22. The van der Waals surface area contributed by atoms with Crippen LogP contribution in [0, 0.1) is 11.7 Å². The molecule has 5 nitrogen and oxygen atoms in total. The predicted octanol–water partition coefficient (Wildman–Crippen LogP) is 1.09. The van der Waals surface area contributed by atoms with Crippen LogP contribution in [-0.2, 0) is 16.1 Å². The Morgan fingerprint density at radius 1 is 1.45 bits per heavy atom. The van der Waals surface area contributed by atoms with Gasteiger partial charge in [0.25, 0.3) is 0 Å². The summed E-state index contributed by atoms with van der Waals surface area (Å²) in [6, 6.07) is 0.830. The zero-order valence-electron chi connectivity index (χ0n) is 11.6. The summed E-state index contributed by atoms with van der Waals surface area (Å²) >= 11 is 0. The van der Waals surface area contributed by atoms with Crippen molar-refractivity contribution >= 4 is 11.8 Å². The lowest BCUT2D eigenvalue weighted by Gasteiger charge is -2.26. The molecular weight excluding hydrogens is 261 g/mol. The zero-order chi connectivity index (χ0) is 14.7. The highest BCUT2D eigenvalue weighted by Crippen LogP contribution is 2.14. The van der Waals surface area contributed by atoms with E-state index >= 15 is 0 Å². The Hall–Kier alpha value is -1.98. The van der Waals surface area contributed by atoms with E-state index in [4.69, 9.17) is 0 Å². The van der Waals surface area contributed by atoms with Crippen molar-refractivity contribution in [3.8, 4) is 0 Å². The molecule has 1 aliphatic heterocycles. The minimum absolute atomic E-state index is 0.0117. The Morgan fingerprint density at radius 3 is 2.85 bits per heavy atom. The molecule has 0 aliphatic carbocycles. The lowest BCUT2D eigenvalue weighted by molar-refractivity contribution is -0.135. The molecule has 0 aromatic carbocycles. The van der Waals surface area contributed by atoms with Crippen LogP contribution in [0.3, 0.4) is 0 Å². The van der Waals surface area contributed by atoms with Crippen LogP contribution in [0.25, 0.3) is 0 Å². The Kier molecular flexibility index (Phi) is 4.32. The van der Waals surface area contributed by atoms with Gasteiger partial charge in [0.05, 0.1) is 6.20 Å². The maximum Gasteiger partial charge on any atom is 0.245 e. The monoisotopic (exact) mass is 279 g/mol. The highest BCUT2D eigenvalue weighted by molar-refractivity contribution is 5.90. The van der Waals surface area contributed by atoms with E-state index in [9.17, 15) is 14.0 Å². The average molecular weight is 279 g/mol. The zero-order valence-corrected chi connectivity index (χ0v) is 11.6. The molecule has 1 aromatic rings. The van der Waals surface area contributed by atoms with Gasteiger partial charge in [0.2, 0.25) is 11.8 Å². The Morgan fingerprint density at radius 2 is 2.20 bits per heavy atom. The van der Waals surface area contributed by atoms with Crippen molar-refractivity contribution in [2.24, 2.45) is 5.92 Å². The Bertz CT molecular complexity index is 519. The third-order valence-corrected chi connectivity index (χ3v) is 3.30. The van der Waals surface area contributed by atoms with E-state index in [1.807, 2.05) is 13.8 Å². The lowest BCUT2D eigenvalue weighted by atomic mass is 10.0. The van der Waals surface area contributed by atoms with Crippen molar-refractivity contribution in [2.75, 3.05) is 6.54 Å². The van der Waals surface area contributed by atoms with Crippen molar-refractivity contribution < 1.29 is 14.0 Å². The van der Waals surface area contributed by atoms with Gasteiger partial charge in [-0.15, -0.1) is 0 Å². The molecule has 2 rings (SSSR count). The molecule has 0 spiro atoms. The number of carbonyl (C=O) groups is 2. The number of nitrogens with zero attached hydrogens (tertiary/aromatic N) is 2. The van der Waals surface area contributed by atoms with E-state index < -0.39 is 11.9 Å². The van der Waals surface area contributed by atoms with Crippen molar-refractivity contribution in [2.45, 2.75) is 32.9 Å². The minimum atomic E-state index is -0.522. The van der Waals surface area contributed by atoms with Crippen LogP contribution in [0.15, 0.2) is 18.5 Å². The molecule has 0 bridgehead atoms. The van der Waals surface area contributed by atoms with Gasteiger partial charge in [-0.05, 0) is 17.5 Å². The molecule has 1 aromatic heterocycles. The Labute approximate surface area is 117 Å². The quantitative estimate of drug-likeness (QED) is 0.901. The van der Waals surface area contributed by atoms with Crippen LogP contribution >= 0.6 is 0 Å². The van der Waals surface area contributed by atoms with Crippen LogP contribution in [0.5, 0.6) is 0 Å². The molecule has 2 amide bonds. The fourth-order valence-electron chi connectivity index (χ4n) is 2.22. The van der Waals surface area contributed by atoms with Gasteiger partial charge < -0.3 is 10.2 Å². The Balaban J connectivity index is 2.17. The number of carbonyl (C=O) groups excluding carboxylic acids is 2. The molecule has 1 atom stereocenters. The first-order valence-electron chi connectivity index (χ1n) is 6.65. The summed E-state index contributed by atoms with van der Waals surface area (Å²) in [5, 5.41) is 2.74. The first kappa shape index (κ1) is 14.4. The van der Waals surface area contributed by atoms with Crippen LogP contribution in [0.4, 0.5) is 4.39 Å². The van der Waals surface area contributed by atoms with Gasteiger partial charge in [-0.25, -0.2) is 4.39 Å². The molecule has 0 saturated carbocycles. The highest BCUT2D eigenvalue weighted by atomic mass is 19.1. The summed E-state index contributed by atoms with van der Waals surface area (Å²) in [7, 11) is 0. The van der Waals surface area contributed by atoms with Crippen LogP contribution in [0.1, 0.15) is 25.8 Å². The van der Waals surface area contributed by atoms with E-state index in [1.54, 1.807) is 4.90 Å². The molecule has 20 heavy (non-hydrogen) atoms. The number of nitrogens with one attached hydrogen (secondary N) is 1. The van der Waals surface area contributed by atoms with Crippen molar-refractivity contribution in [1.82, 2.24) is 15.2 Å². The first-order chi connectivity index (χ1) is 9.47. The second-order valence-electron chi connectivity index (χ2n) is 5.31. The van der Waals surface area contributed by atoms with Gasteiger partial charge in [0.1, 0.15) is 11.9 Å². The maximum absolute atomic E-state index is 13.1. The molecule has 1 aliphatic rings. The van der Waals surface area contributed by atoms with Gasteiger partial charge >= 0.3 is 0 Å². The lowest BCUT2D eigenvalue weighted by Crippen LogP contribution is -2.47. The van der Waals surface area contributed by atoms with Crippen LogP contribution in [-0.4, -0.2) is 34.3 Å². The highest BCUT2D eigenvalue weighted by Gasteiger charge is 2.31. The van der Waals surface area contributed by atoms with E-state index in [1.165, 1.54) is 12.3 Å². The van der Waals surface area contributed by atoms with Gasteiger partial charge in [-0.2, -0.15) is 0 Å². The van der Waals surface area contributed by atoms with Gasteiger partial charge in [-0.1, -0.05) is 13.8 Å². The van der Waals surface area contributed by atoms with Gasteiger partial charge in [-0.3, -0.25) is 14.6 Å². The normalized spacial score (nSPS) is 20.0. The number of pyridine rings is 1. The maximum atomic E-state index is 13.1. The van der Waals surface area contributed by atoms with Gasteiger partial charge in [0, 0.05) is 25.7 Å². The number of halogens is 1. The number of hydrogen-bond donors (Lipinski definition) is 1. The molecule has 0 radical (unpaired) electrons. The SMILES string of the molecule is CC(C)C1NC(=O)CCN(Cc2cncc(F)c2)C1=O. The summed E-state index contributed by atoms with van der Waals surface area (Å²) in [5.74, 6) is -0.677. The van der Waals surface area contributed by atoms with Crippen molar-refractivity contribution in [3.63, 3.8) is 0 Å². The molecule has 1 saturated heterocycles. The molecule has 108 valence electrons. The van der Waals surface area contributed by atoms with Crippen LogP contribution in [0.2, 0.25) is 0 Å². The average Bonchev–Trinajstić information content (AvgIpc) is 2.52. The number of rotatable bonds is 3. The summed E-state index contributed by atoms with van der Waals surface area (Å²) in [6.07, 6.45) is 2.91. The topological polar surface area (TPSA) is 62.3 Å². The van der Waals surface area contributed by atoms with Crippen LogP contribution < -0.4 is 5.32 Å². The molecule has 1 unspecified atom stereocenters. The van der Waals surface area contributed by atoms with Crippen molar-refractivity contribution in [3.05, 3.63) is 29.8 Å². The van der Waals surface area contributed by atoms with E-state index in [2.05, 4.69) is 10.3 Å². The number of hydrogen-bond acceptors (Lipinski definition) is 3. The minimum Gasteiger partial charge on any atom is -0.344 e. The smallest absolute Gasteiger partial charge is 0.245 e. The van der Waals surface area contributed by atoms with E-state index in [-0.39, 0.29) is 30.7 Å². The number of amides is 2. The van der Waals surface area contributed by atoms with Crippen molar-refractivity contribution in [1.29, 1.82) is 0 Å². The first-order valence-corrected chi connectivity index (χ1v) is 6.65. The molecule has 1 fully saturated rings. The summed E-state index contributed by atoms with van der Waals surface area (Å²) in [5.41, 5.74) is 0.621.